The first-order valence-electron chi connectivity index (χ1n) is 10.4. The lowest BCUT2D eigenvalue weighted by Crippen LogP contribution is -2.24. The molecule has 9 heteroatoms. The standard InChI is InChI=1S/C23H24ClN3O5/c1-3-30-23(28)21-22(27(26-25-21)14-15-7-9-16(29-2)10-8-15)32-18-11-12-19(24)20(13-18)31-17-5-4-6-17/h7-13,17H,3-6,14H2,1-2H3. The number of carbonyl (C=O) groups excluding carboxylic acids is 1. The van der Waals surface area contributed by atoms with Crippen LogP contribution in [0.3, 0.4) is 0 Å². The van der Waals surface area contributed by atoms with Crippen LogP contribution in [0, 0.1) is 0 Å². The molecule has 0 radical (unpaired) electrons. The number of carbonyl (C=O) groups is 1. The van der Waals surface area contributed by atoms with Gasteiger partial charge in [-0.05, 0) is 56.0 Å². The zero-order chi connectivity index (χ0) is 22.5. The van der Waals surface area contributed by atoms with Crippen LogP contribution in [0.15, 0.2) is 42.5 Å². The third kappa shape index (κ3) is 4.96. The molecule has 1 aliphatic rings. The molecule has 3 aromatic rings. The summed E-state index contributed by atoms with van der Waals surface area (Å²) < 4.78 is 23.9. The summed E-state index contributed by atoms with van der Waals surface area (Å²) in [4.78, 5) is 12.4. The Labute approximate surface area is 191 Å². The average Bonchev–Trinajstić information content (AvgIpc) is 3.15. The van der Waals surface area contributed by atoms with Gasteiger partial charge in [-0.2, -0.15) is 0 Å². The Morgan fingerprint density at radius 3 is 2.56 bits per heavy atom. The fourth-order valence-corrected chi connectivity index (χ4v) is 3.32. The Morgan fingerprint density at radius 2 is 1.91 bits per heavy atom. The first-order chi connectivity index (χ1) is 15.6. The number of hydrogen-bond donors (Lipinski definition) is 0. The van der Waals surface area contributed by atoms with Crippen LogP contribution in [0.5, 0.6) is 23.1 Å². The smallest absolute Gasteiger partial charge is 0.364 e. The second-order valence-electron chi connectivity index (χ2n) is 7.33. The van der Waals surface area contributed by atoms with Gasteiger partial charge in [-0.3, -0.25) is 0 Å². The van der Waals surface area contributed by atoms with Crippen LogP contribution in [-0.4, -0.2) is 40.8 Å². The molecule has 0 amide bonds. The van der Waals surface area contributed by atoms with Crippen LogP contribution >= 0.6 is 11.6 Å². The molecule has 32 heavy (non-hydrogen) atoms. The number of benzene rings is 2. The summed E-state index contributed by atoms with van der Waals surface area (Å²) in [7, 11) is 1.61. The lowest BCUT2D eigenvalue weighted by molar-refractivity contribution is 0.0516. The van der Waals surface area contributed by atoms with Gasteiger partial charge in [0.1, 0.15) is 17.2 Å². The van der Waals surface area contributed by atoms with Crippen molar-refractivity contribution in [1.29, 1.82) is 0 Å². The highest BCUT2D eigenvalue weighted by molar-refractivity contribution is 6.32. The first kappa shape index (κ1) is 22.0. The molecule has 168 valence electrons. The molecule has 0 bridgehead atoms. The molecule has 1 aliphatic carbocycles. The number of nitrogens with zero attached hydrogens (tertiary/aromatic N) is 3. The Bertz CT molecular complexity index is 1080. The highest BCUT2D eigenvalue weighted by Gasteiger charge is 2.25. The van der Waals surface area contributed by atoms with Crippen LogP contribution in [-0.2, 0) is 11.3 Å². The molecule has 2 aromatic carbocycles. The van der Waals surface area contributed by atoms with Crippen LogP contribution in [0.25, 0.3) is 0 Å². The Balaban J connectivity index is 1.62. The van der Waals surface area contributed by atoms with Crippen molar-refractivity contribution in [2.24, 2.45) is 0 Å². The number of hydrogen-bond acceptors (Lipinski definition) is 7. The number of halogens is 1. The van der Waals surface area contributed by atoms with Crippen molar-refractivity contribution in [3.05, 3.63) is 58.7 Å². The molecule has 1 aromatic heterocycles. The van der Waals surface area contributed by atoms with Crippen molar-refractivity contribution in [3.63, 3.8) is 0 Å². The normalized spacial score (nSPS) is 13.3. The van der Waals surface area contributed by atoms with Gasteiger partial charge in [0.05, 0.1) is 31.4 Å². The second kappa shape index (κ2) is 9.91. The van der Waals surface area contributed by atoms with E-state index in [0.29, 0.717) is 23.1 Å². The van der Waals surface area contributed by atoms with Crippen molar-refractivity contribution in [1.82, 2.24) is 15.0 Å². The molecule has 8 nitrogen and oxygen atoms in total. The van der Waals surface area contributed by atoms with Gasteiger partial charge in [-0.15, -0.1) is 5.10 Å². The summed E-state index contributed by atoms with van der Waals surface area (Å²) in [5.74, 6) is 1.31. The van der Waals surface area contributed by atoms with Gasteiger partial charge in [-0.25, -0.2) is 9.48 Å². The maximum Gasteiger partial charge on any atom is 0.364 e. The zero-order valence-corrected chi connectivity index (χ0v) is 18.7. The zero-order valence-electron chi connectivity index (χ0n) is 17.9. The lowest BCUT2D eigenvalue weighted by atomic mass is 9.96. The molecule has 1 saturated carbocycles. The third-order valence-corrected chi connectivity index (χ3v) is 5.43. The van der Waals surface area contributed by atoms with E-state index in [4.69, 9.17) is 30.5 Å². The van der Waals surface area contributed by atoms with Gasteiger partial charge in [0.2, 0.25) is 5.69 Å². The van der Waals surface area contributed by atoms with Crippen LogP contribution in [0.4, 0.5) is 0 Å². The fraction of sp³-hybridized carbons (Fsp3) is 0.348. The summed E-state index contributed by atoms with van der Waals surface area (Å²) >= 11 is 6.29. The van der Waals surface area contributed by atoms with E-state index in [-0.39, 0.29) is 24.3 Å². The van der Waals surface area contributed by atoms with E-state index >= 15 is 0 Å². The molecule has 0 aliphatic heterocycles. The van der Waals surface area contributed by atoms with Gasteiger partial charge in [0, 0.05) is 6.07 Å². The quantitative estimate of drug-likeness (QED) is 0.423. The molecule has 1 heterocycles. The summed E-state index contributed by atoms with van der Waals surface area (Å²) in [6.07, 6.45) is 3.33. The number of aromatic nitrogens is 3. The topological polar surface area (TPSA) is 84.7 Å². The van der Waals surface area contributed by atoms with E-state index in [1.54, 1.807) is 32.2 Å². The van der Waals surface area contributed by atoms with Gasteiger partial charge in [0.15, 0.2) is 0 Å². The molecular weight excluding hydrogens is 434 g/mol. The Morgan fingerprint density at radius 1 is 1.16 bits per heavy atom. The maximum atomic E-state index is 12.4. The van der Waals surface area contributed by atoms with E-state index in [0.717, 1.165) is 30.6 Å². The Kier molecular flexibility index (Phi) is 6.80. The minimum Gasteiger partial charge on any atom is -0.497 e. The highest BCUT2D eigenvalue weighted by atomic mass is 35.5. The van der Waals surface area contributed by atoms with Crippen LogP contribution in [0.1, 0.15) is 42.2 Å². The average molecular weight is 458 g/mol. The van der Waals surface area contributed by atoms with E-state index in [2.05, 4.69) is 10.3 Å². The number of methoxy groups -OCH3 is 1. The number of ether oxygens (including phenoxy) is 4. The second-order valence-corrected chi connectivity index (χ2v) is 7.74. The molecule has 0 unspecified atom stereocenters. The largest absolute Gasteiger partial charge is 0.497 e. The molecule has 4 rings (SSSR count). The van der Waals surface area contributed by atoms with Gasteiger partial charge in [-0.1, -0.05) is 28.9 Å². The first-order valence-corrected chi connectivity index (χ1v) is 10.8. The SMILES string of the molecule is CCOC(=O)c1nnn(Cc2ccc(OC)cc2)c1Oc1ccc(Cl)c(OC2CCC2)c1. The number of esters is 1. The van der Waals surface area contributed by atoms with Crippen LogP contribution in [0.2, 0.25) is 5.02 Å². The highest BCUT2D eigenvalue weighted by Crippen LogP contribution is 2.35. The molecule has 0 atom stereocenters. The van der Waals surface area contributed by atoms with Crippen molar-refractivity contribution in [2.45, 2.75) is 38.8 Å². The van der Waals surface area contributed by atoms with Crippen molar-refractivity contribution in [3.8, 4) is 23.1 Å². The summed E-state index contributed by atoms with van der Waals surface area (Å²) in [6, 6.07) is 12.6. The minimum atomic E-state index is -0.608. The lowest BCUT2D eigenvalue weighted by Gasteiger charge is -2.27. The summed E-state index contributed by atoms with van der Waals surface area (Å²) in [5, 5.41) is 8.62. The maximum absolute atomic E-state index is 12.4. The van der Waals surface area contributed by atoms with E-state index in [1.807, 2.05) is 24.3 Å². The van der Waals surface area contributed by atoms with E-state index in [9.17, 15) is 4.79 Å². The van der Waals surface area contributed by atoms with E-state index in [1.165, 1.54) is 4.68 Å². The molecule has 0 N–H and O–H groups in total. The number of rotatable bonds is 9. The Hall–Kier alpha value is -3.26. The van der Waals surface area contributed by atoms with E-state index < -0.39 is 5.97 Å². The monoisotopic (exact) mass is 457 g/mol. The fourth-order valence-electron chi connectivity index (χ4n) is 3.16. The third-order valence-electron chi connectivity index (χ3n) is 5.11. The molecular formula is C23H24ClN3O5. The van der Waals surface area contributed by atoms with Crippen molar-refractivity contribution >= 4 is 17.6 Å². The minimum absolute atomic E-state index is 0.00299. The van der Waals surface area contributed by atoms with Gasteiger partial charge < -0.3 is 18.9 Å². The summed E-state index contributed by atoms with van der Waals surface area (Å²) in [5.41, 5.74) is 0.929. The predicted octanol–water partition coefficient (Wildman–Crippen LogP) is 4.89. The van der Waals surface area contributed by atoms with Crippen LogP contribution < -0.4 is 14.2 Å². The van der Waals surface area contributed by atoms with Crippen molar-refractivity contribution < 1.29 is 23.7 Å². The molecule has 0 spiro atoms. The predicted molar refractivity (Wildman–Crippen MR) is 118 cm³/mol. The molecule has 1 fully saturated rings. The van der Waals surface area contributed by atoms with Gasteiger partial charge >= 0.3 is 5.97 Å². The van der Waals surface area contributed by atoms with Crippen molar-refractivity contribution in [2.75, 3.05) is 13.7 Å². The van der Waals surface area contributed by atoms with Gasteiger partial charge in [0.25, 0.3) is 5.88 Å². The summed E-state index contributed by atoms with van der Waals surface area (Å²) in [6.45, 7) is 2.28. The molecule has 0 saturated heterocycles.